The smallest absolute Gasteiger partial charge is 0.328 e. The predicted octanol–water partition coefficient (Wildman–Crippen LogP) is 7.07. The quantitative estimate of drug-likeness (QED) is 0.202. The summed E-state index contributed by atoms with van der Waals surface area (Å²) in [6, 6.07) is 17.9. The molecule has 47 heavy (non-hydrogen) atoms. The molecule has 1 aliphatic heterocycles. The van der Waals surface area contributed by atoms with Crippen molar-refractivity contribution < 1.29 is 19.5 Å². The number of rotatable bonds is 8. The van der Waals surface area contributed by atoms with E-state index in [1.165, 1.54) is 53.4 Å². The van der Waals surface area contributed by atoms with Crippen molar-refractivity contribution in [1.82, 2.24) is 14.9 Å². The van der Waals surface area contributed by atoms with Crippen LogP contribution >= 0.6 is 0 Å². The third-order valence-corrected chi connectivity index (χ3v) is 10.5. The molecule has 1 amide bonds. The van der Waals surface area contributed by atoms with E-state index in [9.17, 15) is 14.4 Å². The van der Waals surface area contributed by atoms with Gasteiger partial charge in [-0.3, -0.25) is 9.59 Å². The van der Waals surface area contributed by atoms with Crippen LogP contribution < -0.4 is 10.2 Å². The Labute approximate surface area is 275 Å². The Morgan fingerprint density at radius 1 is 0.979 bits per heavy atom. The highest BCUT2D eigenvalue weighted by atomic mass is 16.4. The SMILES string of the molecule is Cc1ccc2c(c1)N(C)CCn1c-2c(C2CCCCC2)c2ccc(C(=O)NC3(C(=O)Cc4ccc(/C=C/C(=O)O)cc4)CCC3)nc21. The number of hydrogen-bond acceptors (Lipinski definition) is 5. The number of carboxylic acids is 1. The van der Waals surface area contributed by atoms with E-state index in [4.69, 9.17) is 10.1 Å². The lowest BCUT2D eigenvalue weighted by Crippen LogP contribution is -2.59. The second-order valence-corrected chi connectivity index (χ2v) is 13.7. The zero-order chi connectivity index (χ0) is 32.7. The van der Waals surface area contributed by atoms with E-state index in [-0.39, 0.29) is 18.1 Å². The van der Waals surface area contributed by atoms with Gasteiger partial charge in [-0.15, -0.1) is 0 Å². The highest BCUT2D eigenvalue weighted by Crippen LogP contribution is 2.47. The number of pyridine rings is 1. The van der Waals surface area contributed by atoms with Gasteiger partial charge in [-0.05, 0) is 91.5 Å². The Morgan fingerprint density at radius 2 is 1.74 bits per heavy atom. The highest BCUT2D eigenvalue weighted by molar-refractivity contribution is 6.02. The lowest BCUT2D eigenvalue weighted by molar-refractivity contribution is -0.131. The first-order valence-corrected chi connectivity index (χ1v) is 16.9. The minimum Gasteiger partial charge on any atom is -0.478 e. The number of amides is 1. The van der Waals surface area contributed by atoms with Gasteiger partial charge in [0.25, 0.3) is 5.91 Å². The van der Waals surface area contributed by atoms with Crippen molar-refractivity contribution in [1.29, 1.82) is 0 Å². The Kier molecular flexibility index (Phi) is 8.20. The molecule has 8 nitrogen and oxygen atoms in total. The van der Waals surface area contributed by atoms with E-state index >= 15 is 0 Å². The fraction of sp³-hybridized carbons (Fsp3) is 0.385. The molecule has 3 heterocycles. The Balaban J connectivity index is 1.20. The van der Waals surface area contributed by atoms with Gasteiger partial charge in [0.2, 0.25) is 0 Å². The molecule has 2 aliphatic carbocycles. The number of hydrogen-bond donors (Lipinski definition) is 2. The number of nitrogens with one attached hydrogen (secondary N) is 1. The Bertz CT molecular complexity index is 1890. The van der Waals surface area contributed by atoms with Crippen molar-refractivity contribution in [3.63, 3.8) is 0 Å². The molecule has 0 bridgehead atoms. The summed E-state index contributed by atoms with van der Waals surface area (Å²) in [6.07, 6.45) is 11.0. The summed E-state index contributed by atoms with van der Waals surface area (Å²) in [5, 5.41) is 13.1. The van der Waals surface area contributed by atoms with Gasteiger partial charge in [-0.25, -0.2) is 9.78 Å². The van der Waals surface area contributed by atoms with Crippen molar-refractivity contribution in [2.45, 2.75) is 82.7 Å². The normalized spacial score (nSPS) is 17.5. The molecule has 8 heteroatoms. The fourth-order valence-corrected chi connectivity index (χ4v) is 7.76. The van der Waals surface area contributed by atoms with Gasteiger partial charge >= 0.3 is 5.97 Å². The van der Waals surface area contributed by atoms with Gasteiger partial charge in [0.05, 0.1) is 11.2 Å². The Morgan fingerprint density at radius 3 is 2.45 bits per heavy atom. The summed E-state index contributed by atoms with van der Waals surface area (Å²) < 4.78 is 2.34. The molecule has 7 rings (SSSR count). The molecule has 2 aromatic carbocycles. The third kappa shape index (κ3) is 5.86. The number of nitrogens with zero attached hydrogens (tertiary/aromatic N) is 3. The molecule has 2 N–H and O–H groups in total. The number of ketones is 1. The summed E-state index contributed by atoms with van der Waals surface area (Å²) in [6.45, 7) is 3.75. The number of Topliss-reactive ketones (excluding diaryl/α,β-unsaturated/α-hetero) is 1. The van der Waals surface area contributed by atoms with Crippen molar-refractivity contribution in [2.24, 2.45) is 0 Å². The van der Waals surface area contributed by atoms with Crippen LogP contribution in [-0.4, -0.2) is 51.4 Å². The van der Waals surface area contributed by atoms with Crippen molar-refractivity contribution in [3.8, 4) is 11.3 Å². The van der Waals surface area contributed by atoms with Crippen molar-refractivity contribution in [3.05, 3.63) is 88.6 Å². The summed E-state index contributed by atoms with van der Waals surface area (Å²) in [5.41, 5.74) is 8.17. The Hall–Kier alpha value is -4.72. The first kappa shape index (κ1) is 30.9. The molecule has 0 atom stereocenters. The molecule has 2 saturated carbocycles. The minimum atomic E-state index is -1.01. The van der Waals surface area contributed by atoms with Crippen LogP contribution in [0.5, 0.6) is 0 Å². The van der Waals surface area contributed by atoms with Gasteiger partial charge < -0.3 is 19.9 Å². The third-order valence-electron chi connectivity index (χ3n) is 10.5. The van der Waals surface area contributed by atoms with E-state index in [0.717, 1.165) is 60.6 Å². The number of aryl methyl sites for hydroxylation is 1. The monoisotopic (exact) mass is 630 g/mol. The van der Waals surface area contributed by atoms with Crippen molar-refractivity contribution >= 4 is 40.5 Å². The molecule has 0 saturated heterocycles. The average molecular weight is 631 g/mol. The average Bonchev–Trinajstić information content (AvgIpc) is 3.30. The lowest BCUT2D eigenvalue weighted by atomic mass is 9.72. The zero-order valence-corrected chi connectivity index (χ0v) is 27.2. The maximum Gasteiger partial charge on any atom is 0.328 e. The molecule has 3 aliphatic rings. The largest absolute Gasteiger partial charge is 0.478 e. The summed E-state index contributed by atoms with van der Waals surface area (Å²) in [5.74, 6) is -0.881. The predicted molar refractivity (Wildman–Crippen MR) is 185 cm³/mol. The molecule has 0 unspecified atom stereocenters. The second kappa shape index (κ2) is 12.5. The zero-order valence-electron chi connectivity index (χ0n) is 27.2. The maximum atomic E-state index is 13.9. The van der Waals surface area contributed by atoms with E-state index in [0.29, 0.717) is 24.5 Å². The van der Waals surface area contributed by atoms with E-state index < -0.39 is 11.5 Å². The van der Waals surface area contributed by atoms with E-state index in [2.05, 4.69) is 53.0 Å². The van der Waals surface area contributed by atoms with Crippen LogP contribution in [0, 0.1) is 6.92 Å². The van der Waals surface area contributed by atoms with Crippen molar-refractivity contribution in [2.75, 3.05) is 18.5 Å². The molecule has 0 radical (unpaired) electrons. The molecule has 2 aromatic heterocycles. The number of benzene rings is 2. The second-order valence-electron chi connectivity index (χ2n) is 13.7. The number of carbonyl (C=O) groups is 3. The van der Waals surface area contributed by atoms with Gasteiger partial charge in [-0.1, -0.05) is 55.7 Å². The van der Waals surface area contributed by atoms with Gasteiger partial charge in [0.1, 0.15) is 11.3 Å². The first-order chi connectivity index (χ1) is 22.7. The van der Waals surface area contributed by atoms with Crippen LogP contribution in [-0.2, 0) is 22.6 Å². The van der Waals surface area contributed by atoms with Crippen LogP contribution in [0.4, 0.5) is 5.69 Å². The van der Waals surface area contributed by atoms with Gasteiger partial charge in [-0.2, -0.15) is 0 Å². The first-order valence-electron chi connectivity index (χ1n) is 16.9. The number of likely N-dealkylation sites (N-methyl/N-ethyl adjacent to an activating group) is 1. The van der Waals surface area contributed by atoms with E-state index in [1.54, 1.807) is 12.1 Å². The number of anilines is 1. The van der Waals surface area contributed by atoms with Crippen LogP contribution in [0.3, 0.4) is 0 Å². The number of fused-ring (bicyclic) bond motifs is 5. The molecular weight excluding hydrogens is 588 g/mol. The molecule has 242 valence electrons. The van der Waals surface area contributed by atoms with Crippen LogP contribution in [0.25, 0.3) is 28.4 Å². The summed E-state index contributed by atoms with van der Waals surface area (Å²) >= 11 is 0. The highest BCUT2D eigenvalue weighted by Gasteiger charge is 2.45. The standard InChI is InChI=1S/C39H42N4O4/c1-25-9-15-29-32(23-25)42(2)21-22-43-36(29)35(28-7-4-3-5-8-28)30-16-17-31(40-37(30)43)38(47)41-39(19-6-20-39)33(44)24-27-12-10-26(11-13-27)14-18-34(45)46/h9-18,23,28H,3-8,19-22,24H2,1-2H3,(H,41,47)(H,45,46)/b18-14+. The van der Waals surface area contributed by atoms with E-state index in [1.807, 2.05) is 18.2 Å². The molecule has 2 fully saturated rings. The number of carbonyl (C=O) groups excluding carboxylic acids is 2. The fourth-order valence-electron chi connectivity index (χ4n) is 7.76. The maximum absolute atomic E-state index is 13.9. The minimum absolute atomic E-state index is 0.0157. The summed E-state index contributed by atoms with van der Waals surface area (Å²) in [4.78, 5) is 45.7. The van der Waals surface area contributed by atoms with Gasteiger partial charge in [0, 0.05) is 49.3 Å². The number of aliphatic carboxylic acids is 1. The van der Waals surface area contributed by atoms with Crippen LogP contribution in [0.1, 0.15) is 90.0 Å². The number of carboxylic acid groups (broad SMARTS) is 1. The van der Waals surface area contributed by atoms with Crippen LogP contribution in [0.2, 0.25) is 0 Å². The lowest BCUT2D eigenvalue weighted by Gasteiger charge is -2.41. The summed E-state index contributed by atoms with van der Waals surface area (Å²) in [7, 11) is 2.15. The topological polar surface area (TPSA) is 105 Å². The van der Waals surface area contributed by atoms with Crippen LogP contribution in [0.15, 0.2) is 60.7 Å². The van der Waals surface area contributed by atoms with Gasteiger partial charge in [0.15, 0.2) is 5.78 Å². The molecular formula is C39H42N4O4. The number of aromatic nitrogens is 2. The molecule has 4 aromatic rings. The molecule has 0 spiro atoms.